The maximum Gasteiger partial charge on any atom is 0.182 e. The van der Waals surface area contributed by atoms with Crippen molar-refractivity contribution in [3.63, 3.8) is 0 Å². The highest BCUT2D eigenvalue weighted by Gasteiger charge is 2.12. The van der Waals surface area contributed by atoms with Gasteiger partial charge in [-0.15, -0.1) is 5.10 Å². The van der Waals surface area contributed by atoms with Gasteiger partial charge in [-0.2, -0.15) is 0 Å². The molecule has 0 aliphatic rings. The van der Waals surface area contributed by atoms with Gasteiger partial charge in [0.1, 0.15) is 0 Å². The SMILES string of the molecule is Cc1c(N)cccc1-c1nnnn1CCc1ccccc1. The number of rotatable bonds is 4. The predicted octanol–water partition coefficient (Wildman–Crippen LogP) is 2.47. The van der Waals surface area contributed by atoms with E-state index >= 15 is 0 Å². The number of anilines is 1. The number of aromatic nitrogens is 4. The minimum atomic E-state index is 0.737. The number of nitrogens with two attached hydrogens (primary N) is 1. The third kappa shape index (κ3) is 2.76. The Hall–Kier alpha value is -2.69. The maximum atomic E-state index is 5.96. The van der Waals surface area contributed by atoms with E-state index in [0.717, 1.165) is 35.6 Å². The van der Waals surface area contributed by atoms with E-state index in [4.69, 9.17) is 5.73 Å². The largest absolute Gasteiger partial charge is 0.398 e. The Bertz CT molecular complexity index is 733. The van der Waals surface area contributed by atoms with E-state index in [1.165, 1.54) is 5.56 Å². The number of aryl methyl sites for hydroxylation is 2. The Kier molecular flexibility index (Phi) is 3.64. The summed E-state index contributed by atoms with van der Waals surface area (Å²) >= 11 is 0. The Labute approximate surface area is 123 Å². The van der Waals surface area contributed by atoms with Crippen molar-refractivity contribution < 1.29 is 0 Å². The van der Waals surface area contributed by atoms with Gasteiger partial charge in [0, 0.05) is 17.8 Å². The van der Waals surface area contributed by atoms with Crippen LogP contribution in [0.3, 0.4) is 0 Å². The van der Waals surface area contributed by atoms with Crippen molar-refractivity contribution in [3.05, 3.63) is 59.7 Å². The fourth-order valence-corrected chi connectivity index (χ4v) is 2.32. The second-order valence-corrected chi connectivity index (χ2v) is 4.98. The van der Waals surface area contributed by atoms with Crippen LogP contribution in [-0.2, 0) is 13.0 Å². The van der Waals surface area contributed by atoms with Crippen molar-refractivity contribution in [2.75, 3.05) is 5.73 Å². The van der Waals surface area contributed by atoms with Crippen molar-refractivity contribution in [2.45, 2.75) is 19.9 Å². The van der Waals surface area contributed by atoms with E-state index in [1.54, 1.807) is 0 Å². The number of benzene rings is 2. The molecule has 0 aliphatic heterocycles. The van der Waals surface area contributed by atoms with Crippen molar-refractivity contribution in [1.82, 2.24) is 20.2 Å². The zero-order chi connectivity index (χ0) is 14.7. The highest BCUT2D eigenvalue weighted by Crippen LogP contribution is 2.24. The molecule has 21 heavy (non-hydrogen) atoms. The molecule has 3 rings (SSSR count). The molecule has 0 unspecified atom stereocenters. The number of tetrazole rings is 1. The van der Waals surface area contributed by atoms with Gasteiger partial charge in [-0.3, -0.25) is 0 Å². The first-order chi connectivity index (χ1) is 10.3. The average Bonchev–Trinajstić information content (AvgIpc) is 2.97. The molecule has 2 aromatic carbocycles. The Balaban J connectivity index is 1.86. The topological polar surface area (TPSA) is 69.6 Å². The third-order valence-corrected chi connectivity index (χ3v) is 3.60. The molecule has 0 spiro atoms. The molecule has 0 aliphatic carbocycles. The minimum Gasteiger partial charge on any atom is -0.398 e. The summed E-state index contributed by atoms with van der Waals surface area (Å²) in [5.41, 5.74) is 9.97. The smallest absolute Gasteiger partial charge is 0.182 e. The van der Waals surface area contributed by atoms with Gasteiger partial charge < -0.3 is 5.73 Å². The molecule has 0 fully saturated rings. The van der Waals surface area contributed by atoms with E-state index < -0.39 is 0 Å². The molecule has 106 valence electrons. The van der Waals surface area contributed by atoms with Crippen LogP contribution >= 0.6 is 0 Å². The second kappa shape index (κ2) is 5.75. The lowest BCUT2D eigenvalue weighted by Gasteiger charge is -2.09. The van der Waals surface area contributed by atoms with Crippen molar-refractivity contribution in [3.8, 4) is 11.4 Å². The lowest BCUT2D eigenvalue weighted by atomic mass is 10.1. The van der Waals surface area contributed by atoms with Gasteiger partial charge in [0.05, 0.1) is 0 Å². The molecule has 5 heteroatoms. The molecule has 1 heterocycles. The summed E-state index contributed by atoms with van der Waals surface area (Å²) in [7, 11) is 0. The summed E-state index contributed by atoms with van der Waals surface area (Å²) < 4.78 is 1.83. The van der Waals surface area contributed by atoms with Crippen LogP contribution in [0.2, 0.25) is 0 Å². The predicted molar refractivity (Wildman–Crippen MR) is 82.5 cm³/mol. The molecule has 2 N–H and O–H groups in total. The molecule has 3 aromatic rings. The van der Waals surface area contributed by atoms with Gasteiger partial charge in [0.15, 0.2) is 5.82 Å². The van der Waals surface area contributed by atoms with Crippen molar-refractivity contribution in [1.29, 1.82) is 0 Å². The van der Waals surface area contributed by atoms with Crippen molar-refractivity contribution >= 4 is 5.69 Å². The van der Waals surface area contributed by atoms with E-state index in [2.05, 4.69) is 27.7 Å². The number of nitrogens with zero attached hydrogens (tertiary/aromatic N) is 4. The first-order valence-electron chi connectivity index (χ1n) is 6.91. The second-order valence-electron chi connectivity index (χ2n) is 4.98. The maximum absolute atomic E-state index is 5.96. The van der Waals surface area contributed by atoms with Gasteiger partial charge in [0.25, 0.3) is 0 Å². The van der Waals surface area contributed by atoms with Crippen molar-refractivity contribution in [2.24, 2.45) is 0 Å². The zero-order valence-corrected chi connectivity index (χ0v) is 11.9. The van der Waals surface area contributed by atoms with E-state index in [0.29, 0.717) is 0 Å². The van der Waals surface area contributed by atoms with E-state index in [-0.39, 0.29) is 0 Å². The first kappa shape index (κ1) is 13.3. The first-order valence-corrected chi connectivity index (χ1v) is 6.91. The number of hydrogen-bond acceptors (Lipinski definition) is 4. The summed E-state index contributed by atoms with van der Waals surface area (Å²) in [6.45, 7) is 2.72. The van der Waals surface area contributed by atoms with Crippen LogP contribution in [0, 0.1) is 6.92 Å². The summed E-state index contributed by atoms with van der Waals surface area (Å²) in [5.74, 6) is 0.760. The molecule has 0 atom stereocenters. The van der Waals surface area contributed by atoms with E-state index in [9.17, 15) is 0 Å². The van der Waals surface area contributed by atoms with Gasteiger partial charge in [-0.25, -0.2) is 4.68 Å². The highest BCUT2D eigenvalue weighted by molar-refractivity contribution is 5.67. The minimum absolute atomic E-state index is 0.737. The van der Waals surface area contributed by atoms with Crippen LogP contribution in [0.25, 0.3) is 11.4 Å². The zero-order valence-electron chi connectivity index (χ0n) is 11.9. The highest BCUT2D eigenvalue weighted by atomic mass is 15.5. The molecule has 0 bridgehead atoms. The summed E-state index contributed by atoms with van der Waals surface area (Å²) in [5, 5.41) is 12.0. The molecule has 0 saturated heterocycles. The standard InChI is InChI=1S/C16H17N5/c1-12-14(8-5-9-15(12)17)16-18-19-20-21(16)11-10-13-6-3-2-4-7-13/h2-9H,10-11,17H2,1H3. The fraction of sp³-hybridized carbons (Fsp3) is 0.188. The summed E-state index contributed by atoms with van der Waals surface area (Å²) in [6.07, 6.45) is 0.889. The lowest BCUT2D eigenvalue weighted by molar-refractivity contribution is 0.593. The summed E-state index contributed by atoms with van der Waals surface area (Å²) in [6, 6.07) is 16.1. The Morgan fingerprint density at radius 3 is 2.67 bits per heavy atom. The Morgan fingerprint density at radius 1 is 1.05 bits per heavy atom. The van der Waals surface area contributed by atoms with Crippen LogP contribution in [-0.4, -0.2) is 20.2 Å². The monoisotopic (exact) mass is 279 g/mol. The van der Waals surface area contributed by atoms with Gasteiger partial charge in [-0.05, 0) is 41.0 Å². The lowest BCUT2D eigenvalue weighted by Crippen LogP contribution is -2.06. The van der Waals surface area contributed by atoms with Gasteiger partial charge in [0.2, 0.25) is 0 Å². The van der Waals surface area contributed by atoms with Crippen LogP contribution in [0.4, 0.5) is 5.69 Å². The molecule has 5 nitrogen and oxygen atoms in total. The third-order valence-electron chi connectivity index (χ3n) is 3.60. The van der Waals surface area contributed by atoms with Crippen LogP contribution in [0.1, 0.15) is 11.1 Å². The normalized spacial score (nSPS) is 10.7. The number of nitrogen functional groups attached to an aromatic ring is 1. The molecular formula is C16H17N5. The number of hydrogen-bond donors (Lipinski definition) is 1. The molecule has 0 amide bonds. The molecule has 1 aromatic heterocycles. The van der Waals surface area contributed by atoms with Gasteiger partial charge >= 0.3 is 0 Å². The average molecular weight is 279 g/mol. The summed E-state index contributed by atoms with van der Waals surface area (Å²) in [4.78, 5) is 0. The van der Waals surface area contributed by atoms with Crippen LogP contribution in [0.5, 0.6) is 0 Å². The molecule has 0 radical (unpaired) electrons. The fourth-order valence-electron chi connectivity index (χ4n) is 2.32. The Morgan fingerprint density at radius 2 is 1.86 bits per heavy atom. The quantitative estimate of drug-likeness (QED) is 0.745. The van der Waals surface area contributed by atoms with Crippen LogP contribution in [0.15, 0.2) is 48.5 Å². The molecule has 0 saturated carbocycles. The molecular weight excluding hydrogens is 262 g/mol. The van der Waals surface area contributed by atoms with E-state index in [1.807, 2.05) is 48.0 Å². The van der Waals surface area contributed by atoms with Crippen LogP contribution < -0.4 is 5.73 Å². The van der Waals surface area contributed by atoms with Gasteiger partial charge in [-0.1, -0.05) is 42.5 Å².